The first-order chi connectivity index (χ1) is 10.2. The molecule has 0 aromatic heterocycles. The van der Waals surface area contributed by atoms with Crippen LogP contribution in [-0.2, 0) is 9.53 Å². The fourth-order valence-corrected chi connectivity index (χ4v) is 4.28. The van der Waals surface area contributed by atoms with Crippen molar-refractivity contribution in [2.75, 3.05) is 19.7 Å². The van der Waals surface area contributed by atoms with Gasteiger partial charge in [0.2, 0.25) is 5.91 Å². The summed E-state index contributed by atoms with van der Waals surface area (Å²) in [5.74, 6) is 0.226. The van der Waals surface area contributed by atoms with Crippen molar-refractivity contribution in [1.82, 2.24) is 9.80 Å². The topological polar surface area (TPSA) is 36.1 Å². The van der Waals surface area contributed by atoms with Gasteiger partial charge in [0.15, 0.2) is 0 Å². The van der Waals surface area contributed by atoms with Crippen LogP contribution in [0.25, 0.3) is 0 Å². The molecular formula is C18H34N2O2. The van der Waals surface area contributed by atoms with Crippen LogP contribution in [0, 0.1) is 0 Å². The summed E-state index contributed by atoms with van der Waals surface area (Å²) in [4.78, 5) is 16.9. The molecule has 0 saturated carbocycles. The minimum absolute atomic E-state index is 0.0955. The second-order valence-corrected chi connectivity index (χ2v) is 8.32. The first-order valence-electron chi connectivity index (χ1n) is 8.84. The summed E-state index contributed by atoms with van der Waals surface area (Å²) >= 11 is 0. The molecule has 0 bridgehead atoms. The van der Waals surface area contributed by atoms with Crippen molar-refractivity contribution < 1.29 is 9.53 Å². The van der Waals surface area contributed by atoms with Gasteiger partial charge in [-0.05, 0) is 47.0 Å². The first-order valence-corrected chi connectivity index (χ1v) is 8.84. The molecule has 2 aliphatic heterocycles. The maximum absolute atomic E-state index is 12.1. The smallest absolute Gasteiger partial charge is 0.219 e. The van der Waals surface area contributed by atoms with Gasteiger partial charge in [-0.25, -0.2) is 0 Å². The fourth-order valence-electron chi connectivity index (χ4n) is 4.28. The lowest BCUT2D eigenvalue weighted by Crippen LogP contribution is -2.65. The minimum atomic E-state index is 0.0955. The van der Waals surface area contributed by atoms with E-state index in [0.29, 0.717) is 12.1 Å². The maximum atomic E-state index is 12.1. The largest absolute Gasteiger partial charge is 0.372 e. The third-order valence-electron chi connectivity index (χ3n) is 5.32. The quantitative estimate of drug-likeness (QED) is 0.707. The van der Waals surface area contributed by atoms with E-state index in [-0.39, 0.29) is 17.0 Å². The van der Waals surface area contributed by atoms with Crippen LogP contribution >= 0.6 is 0 Å². The number of hydrogen-bond donors (Lipinski definition) is 0. The minimum Gasteiger partial charge on any atom is -0.372 e. The number of hydrogen-bond acceptors (Lipinski definition) is 3. The number of rotatable bonds is 6. The van der Waals surface area contributed by atoms with E-state index in [2.05, 4.69) is 44.4 Å². The molecule has 4 heteroatoms. The summed E-state index contributed by atoms with van der Waals surface area (Å²) in [5.41, 5.74) is 0.191. The lowest BCUT2D eigenvalue weighted by atomic mass is 9.76. The van der Waals surface area contributed by atoms with Gasteiger partial charge in [-0.15, -0.1) is 0 Å². The van der Waals surface area contributed by atoms with Gasteiger partial charge < -0.3 is 9.64 Å². The number of amides is 1. The van der Waals surface area contributed by atoms with Gasteiger partial charge in [-0.3, -0.25) is 9.69 Å². The Kier molecular flexibility index (Phi) is 5.23. The van der Waals surface area contributed by atoms with Gasteiger partial charge in [-0.1, -0.05) is 13.3 Å². The number of piperidine rings is 1. The summed E-state index contributed by atoms with van der Waals surface area (Å²) in [5, 5.41) is 0. The third-order valence-corrected chi connectivity index (χ3v) is 5.32. The zero-order valence-electron chi connectivity index (χ0n) is 15.3. The van der Waals surface area contributed by atoms with E-state index in [0.717, 1.165) is 45.4 Å². The highest BCUT2D eigenvalue weighted by Gasteiger charge is 2.48. The van der Waals surface area contributed by atoms with E-state index >= 15 is 0 Å². The van der Waals surface area contributed by atoms with Crippen molar-refractivity contribution >= 4 is 5.91 Å². The van der Waals surface area contributed by atoms with E-state index in [1.54, 1.807) is 6.92 Å². The number of carbonyl (C=O) groups excluding carboxylic acids is 1. The summed E-state index contributed by atoms with van der Waals surface area (Å²) in [6.07, 6.45) is 4.74. The van der Waals surface area contributed by atoms with E-state index in [1.807, 2.05) is 0 Å². The van der Waals surface area contributed by atoms with Crippen LogP contribution in [0.4, 0.5) is 0 Å². The van der Waals surface area contributed by atoms with Crippen LogP contribution in [0.1, 0.15) is 67.2 Å². The number of nitrogens with zero attached hydrogens (tertiary/aromatic N) is 2. The van der Waals surface area contributed by atoms with E-state index in [4.69, 9.17) is 4.74 Å². The number of ether oxygens (including phenoxy) is 1. The van der Waals surface area contributed by atoms with Crippen molar-refractivity contribution in [3.05, 3.63) is 0 Å². The number of likely N-dealkylation sites (tertiary alicyclic amines) is 1. The molecule has 0 aromatic rings. The van der Waals surface area contributed by atoms with Crippen LogP contribution in [0.15, 0.2) is 0 Å². The summed E-state index contributed by atoms with van der Waals surface area (Å²) in [6, 6.07) is 0.352. The van der Waals surface area contributed by atoms with Gasteiger partial charge in [0.1, 0.15) is 0 Å². The van der Waals surface area contributed by atoms with E-state index in [9.17, 15) is 4.79 Å². The monoisotopic (exact) mass is 310 g/mol. The number of unbranched alkanes of at least 4 members (excludes halogenated alkanes) is 1. The second-order valence-electron chi connectivity index (χ2n) is 8.32. The molecule has 1 amide bonds. The van der Waals surface area contributed by atoms with Gasteiger partial charge in [-0.2, -0.15) is 0 Å². The molecule has 0 aromatic carbocycles. The molecule has 2 rings (SSSR count). The van der Waals surface area contributed by atoms with Gasteiger partial charge in [0, 0.05) is 37.1 Å². The zero-order chi connectivity index (χ0) is 16.5. The predicted octanol–water partition coefficient (Wildman–Crippen LogP) is 3.06. The predicted molar refractivity (Wildman–Crippen MR) is 89.9 cm³/mol. The van der Waals surface area contributed by atoms with Crippen molar-refractivity contribution in [1.29, 1.82) is 0 Å². The Morgan fingerprint density at radius 2 is 1.77 bits per heavy atom. The average Bonchev–Trinajstić information content (AvgIpc) is 3.17. The lowest BCUT2D eigenvalue weighted by molar-refractivity contribution is -0.137. The molecule has 0 spiro atoms. The van der Waals surface area contributed by atoms with Crippen LogP contribution < -0.4 is 0 Å². The summed E-state index contributed by atoms with van der Waals surface area (Å²) in [7, 11) is 0. The molecule has 2 fully saturated rings. The number of epoxide rings is 1. The summed E-state index contributed by atoms with van der Waals surface area (Å²) < 4.78 is 5.46. The molecule has 2 aliphatic rings. The van der Waals surface area contributed by atoms with E-state index in [1.165, 1.54) is 0 Å². The second kappa shape index (κ2) is 6.48. The zero-order valence-corrected chi connectivity index (χ0v) is 15.3. The summed E-state index contributed by atoms with van der Waals surface area (Å²) in [6.45, 7) is 16.0. The maximum Gasteiger partial charge on any atom is 0.219 e. The first kappa shape index (κ1) is 17.7. The van der Waals surface area contributed by atoms with Crippen LogP contribution in [0.2, 0.25) is 0 Å². The Hall–Kier alpha value is -0.610. The Bertz CT molecular complexity index is 384. The Morgan fingerprint density at radius 1 is 1.23 bits per heavy atom. The highest BCUT2D eigenvalue weighted by atomic mass is 16.6. The van der Waals surface area contributed by atoms with Crippen LogP contribution in [0.5, 0.6) is 0 Å². The van der Waals surface area contributed by atoms with Crippen molar-refractivity contribution in [3.63, 3.8) is 0 Å². The van der Waals surface area contributed by atoms with Crippen molar-refractivity contribution in [2.24, 2.45) is 0 Å². The highest BCUT2D eigenvalue weighted by molar-refractivity contribution is 5.73. The standard InChI is InChI=1S/C18H34N2O2/c1-7-8-9-19(14(2)21)15-10-17(3,4)20(12-16-13-22-16)18(5,6)11-15/h15-16H,7-13H2,1-6H3. The van der Waals surface area contributed by atoms with Crippen LogP contribution in [-0.4, -0.2) is 58.6 Å². The number of carbonyl (C=O) groups is 1. The molecule has 0 N–H and O–H groups in total. The Morgan fingerprint density at radius 3 is 2.18 bits per heavy atom. The molecule has 128 valence electrons. The molecule has 2 saturated heterocycles. The molecule has 1 unspecified atom stereocenters. The molecule has 0 aliphatic carbocycles. The Labute approximate surface area is 136 Å². The highest BCUT2D eigenvalue weighted by Crippen LogP contribution is 2.41. The van der Waals surface area contributed by atoms with Gasteiger partial charge in [0.25, 0.3) is 0 Å². The molecule has 2 heterocycles. The third kappa shape index (κ3) is 4.02. The normalized spacial score (nSPS) is 27.6. The van der Waals surface area contributed by atoms with Gasteiger partial charge in [0.05, 0.1) is 12.7 Å². The van der Waals surface area contributed by atoms with E-state index < -0.39 is 0 Å². The molecule has 1 atom stereocenters. The Balaban J connectivity index is 2.13. The molecule has 4 nitrogen and oxygen atoms in total. The van der Waals surface area contributed by atoms with Crippen LogP contribution in [0.3, 0.4) is 0 Å². The fraction of sp³-hybridized carbons (Fsp3) is 0.944. The van der Waals surface area contributed by atoms with Crippen molar-refractivity contribution in [3.8, 4) is 0 Å². The molecular weight excluding hydrogens is 276 g/mol. The van der Waals surface area contributed by atoms with Gasteiger partial charge >= 0.3 is 0 Å². The SMILES string of the molecule is CCCCN(C(C)=O)C1CC(C)(C)N(CC2CO2)C(C)(C)C1. The molecule has 22 heavy (non-hydrogen) atoms. The van der Waals surface area contributed by atoms with Crippen molar-refractivity contribution in [2.45, 2.75) is 90.4 Å². The lowest BCUT2D eigenvalue weighted by Gasteiger charge is -2.57. The molecule has 0 radical (unpaired) electrons. The average molecular weight is 310 g/mol.